The van der Waals surface area contributed by atoms with Gasteiger partial charge in [-0.1, -0.05) is 54.2 Å². The number of amides is 2. The molecule has 4 bridgehead atoms. The zero-order valence-electron chi connectivity index (χ0n) is 17.2. The van der Waals surface area contributed by atoms with E-state index in [1.54, 1.807) is 0 Å². The maximum absolute atomic E-state index is 13.4. The molecule has 31 heavy (non-hydrogen) atoms. The zero-order chi connectivity index (χ0) is 21.2. The van der Waals surface area contributed by atoms with Crippen molar-refractivity contribution in [3.8, 4) is 0 Å². The van der Waals surface area contributed by atoms with Crippen molar-refractivity contribution in [2.24, 2.45) is 23.2 Å². The van der Waals surface area contributed by atoms with Crippen molar-refractivity contribution in [3.63, 3.8) is 0 Å². The molecular formula is C25H24N2O2S2. The molecule has 0 spiro atoms. The van der Waals surface area contributed by atoms with Crippen LogP contribution < -0.4 is 5.43 Å². The molecule has 6 heteroatoms. The maximum atomic E-state index is 13.4. The molecule has 0 aromatic heterocycles. The second-order valence-electron chi connectivity index (χ2n) is 9.72. The van der Waals surface area contributed by atoms with Crippen LogP contribution in [0.3, 0.4) is 0 Å². The number of rotatable bonds is 3. The smallest absolute Gasteiger partial charge is 0.273 e. The molecule has 0 radical (unpaired) electrons. The first kappa shape index (κ1) is 19.5. The fourth-order valence-electron chi connectivity index (χ4n) is 6.69. The highest BCUT2D eigenvalue weighted by Crippen LogP contribution is 2.60. The highest BCUT2D eigenvalue weighted by Gasteiger charge is 2.55. The average molecular weight is 449 g/mol. The lowest BCUT2D eigenvalue weighted by Crippen LogP contribution is -2.57. The predicted octanol–water partition coefficient (Wildman–Crippen LogP) is 5.29. The van der Waals surface area contributed by atoms with Gasteiger partial charge in [0.1, 0.15) is 0 Å². The number of hydrogen-bond donors (Lipinski definition) is 1. The van der Waals surface area contributed by atoms with Gasteiger partial charge in [0.15, 0.2) is 4.32 Å². The van der Waals surface area contributed by atoms with Crippen LogP contribution in [0, 0.1) is 23.2 Å². The highest BCUT2D eigenvalue weighted by molar-refractivity contribution is 8.26. The molecule has 1 aliphatic heterocycles. The molecule has 0 unspecified atom stereocenters. The van der Waals surface area contributed by atoms with Gasteiger partial charge in [-0.15, -0.1) is 0 Å². The lowest BCUT2D eigenvalue weighted by molar-refractivity contribution is -0.152. The van der Waals surface area contributed by atoms with Crippen LogP contribution >= 0.6 is 24.0 Å². The van der Waals surface area contributed by atoms with Crippen LogP contribution in [0.25, 0.3) is 16.8 Å². The second kappa shape index (κ2) is 7.17. The van der Waals surface area contributed by atoms with Crippen molar-refractivity contribution in [2.75, 3.05) is 0 Å². The van der Waals surface area contributed by atoms with Crippen LogP contribution in [0.15, 0.2) is 47.4 Å². The summed E-state index contributed by atoms with van der Waals surface area (Å²) < 4.78 is 0.398. The van der Waals surface area contributed by atoms with E-state index in [2.05, 4.69) is 23.6 Å². The summed E-state index contributed by atoms with van der Waals surface area (Å²) in [5.74, 6) is 1.79. The summed E-state index contributed by atoms with van der Waals surface area (Å²) in [7, 11) is 0. The molecule has 1 N–H and O–H groups in total. The summed E-state index contributed by atoms with van der Waals surface area (Å²) in [4.78, 5) is 27.1. The van der Waals surface area contributed by atoms with Crippen LogP contribution in [-0.4, -0.2) is 21.1 Å². The molecule has 4 nitrogen and oxygen atoms in total. The fraction of sp³-hybridized carbons (Fsp3) is 0.400. The van der Waals surface area contributed by atoms with Gasteiger partial charge >= 0.3 is 0 Å². The molecule has 4 aliphatic carbocycles. The van der Waals surface area contributed by atoms with Crippen LogP contribution in [0.5, 0.6) is 0 Å². The molecule has 5 fully saturated rings. The minimum Gasteiger partial charge on any atom is -0.273 e. The molecular weight excluding hydrogens is 424 g/mol. The van der Waals surface area contributed by atoms with Gasteiger partial charge in [0.05, 0.1) is 10.3 Å². The van der Waals surface area contributed by atoms with E-state index < -0.39 is 0 Å². The molecule has 2 aromatic rings. The van der Waals surface area contributed by atoms with Gasteiger partial charge in [0.25, 0.3) is 5.91 Å². The molecule has 1 heterocycles. The summed E-state index contributed by atoms with van der Waals surface area (Å²) in [6.45, 7) is 0. The first-order valence-electron chi connectivity index (χ1n) is 11.1. The third-order valence-corrected chi connectivity index (χ3v) is 8.94. The van der Waals surface area contributed by atoms with Gasteiger partial charge in [-0.3, -0.25) is 15.0 Å². The molecule has 2 amide bonds. The molecule has 2 aromatic carbocycles. The van der Waals surface area contributed by atoms with E-state index in [1.807, 2.05) is 30.3 Å². The third-order valence-electron chi connectivity index (χ3n) is 7.64. The summed E-state index contributed by atoms with van der Waals surface area (Å²) in [6, 6.07) is 14.2. The number of thiocarbonyl (C=S) groups is 1. The largest absolute Gasteiger partial charge is 0.285 e. The number of benzene rings is 2. The van der Waals surface area contributed by atoms with Gasteiger partial charge in [-0.05, 0) is 90.9 Å². The first-order chi connectivity index (χ1) is 15.0. The average Bonchev–Trinajstić information content (AvgIpc) is 3.00. The Hall–Kier alpha value is -2.18. The Bertz CT molecular complexity index is 1110. The van der Waals surface area contributed by atoms with Gasteiger partial charge < -0.3 is 0 Å². The van der Waals surface area contributed by atoms with Gasteiger partial charge in [-0.2, -0.15) is 5.01 Å². The number of nitrogens with zero attached hydrogens (tertiary/aromatic N) is 1. The predicted molar refractivity (Wildman–Crippen MR) is 128 cm³/mol. The summed E-state index contributed by atoms with van der Waals surface area (Å²) >= 11 is 6.74. The van der Waals surface area contributed by atoms with Gasteiger partial charge in [0.2, 0.25) is 5.91 Å². The molecule has 0 atom stereocenters. The standard InChI is InChI=1S/C25H24N2O2S2/c28-22-21(11-19-6-3-5-18-4-1-2-7-20(18)19)31-24(30)27(22)26-23(29)25-12-15-8-16(13-25)10-17(9-15)14-25/h1-7,11,15-17H,8-10,12-14H2,(H,26,29)/b21-11+. The Labute approximate surface area is 191 Å². The topological polar surface area (TPSA) is 49.4 Å². The monoisotopic (exact) mass is 448 g/mol. The normalized spacial score (nSPS) is 33.0. The van der Waals surface area contributed by atoms with Crippen molar-refractivity contribution >= 4 is 57.0 Å². The van der Waals surface area contributed by atoms with Crippen LogP contribution in [0.1, 0.15) is 44.1 Å². The minimum absolute atomic E-state index is 0.00527. The van der Waals surface area contributed by atoms with E-state index in [0.717, 1.165) is 35.6 Å². The molecule has 7 rings (SSSR count). The molecule has 4 saturated carbocycles. The van der Waals surface area contributed by atoms with Crippen LogP contribution in [-0.2, 0) is 9.59 Å². The maximum Gasteiger partial charge on any atom is 0.285 e. The second-order valence-corrected chi connectivity index (χ2v) is 11.4. The van der Waals surface area contributed by atoms with Crippen LogP contribution in [0.2, 0.25) is 0 Å². The SMILES string of the molecule is O=C1/C(=C\c2cccc3ccccc23)SC(=S)N1NC(=O)C12CC3CC(CC(C3)C1)C2. The number of fused-ring (bicyclic) bond motifs is 1. The molecule has 158 valence electrons. The van der Waals surface area contributed by atoms with E-state index in [4.69, 9.17) is 12.2 Å². The van der Waals surface area contributed by atoms with Crippen molar-refractivity contribution in [1.82, 2.24) is 10.4 Å². The van der Waals surface area contributed by atoms with Crippen LogP contribution in [0.4, 0.5) is 0 Å². The highest BCUT2D eigenvalue weighted by atomic mass is 32.2. The number of carbonyl (C=O) groups is 2. The van der Waals surface area contributed by atoms with E-state index >= 15 is 0 Å². The van der Waals surface area contributed by atoms with Gasteiger partial charge in [-0.25, -0.2) is 0 Å². The molecule has 5 aliphatic rings. The quantitative estimate of drug-likeness (QED) is 0.512. The van der Waals surface area contributed by atoms with E-state index in [1.165, 1.54) is 36.0 Å². The number of thioether (sulfide) groups is 1. The lowest BCUT2D eigenvalue weighted by Gasteiger charge is -2.55. The van der Waals surface area contributed by atoms with Crippen molar-refractivity contribution in [3.05, 3.63) is 52.9 Å². The Kier molecular flexibility index (Phi) is 4.51. The first-order valence-corrected chi connectivity index (χ1v) is 12.3. The van der Waals surface area contributed by atoms with E-state index in [-0.39, 0.29) is 17.2 Å². The lowest BCUT2D eigenvalue weighted by atomic mass is 9.49. The summed E-state index contributed by atoms with van der Waals surface area (Å²) in [6.07, 6.45) is 8.62. The Morgan fingerprint density at radius 1 is 1.03 bits per heavy atom. The summed E-state index contributed by atoms with van der Waals surface area (Å²) in [5.41, 5.74) is 3.60. The number of hydrazine groups is 1. The van der Waals surface area contributed by atoms with E-state index in [9.17, 15) is 9.59 Å². The Morgan fingerprint density at radius 2 is 1.68 bits per heavy atom. The summed E-state index contributed by atoms with van der Waals surface area (Å²) in [5, 5.41) is 3.52. The minimum atomic E-state index is -0.308. The zero-order valence-corrected chi connectivity index (χ0v) is 18.8. The van der Waals surface area contributed by atoms with Gasteiger partial charge in [0, 0.05) is 0 Å². The van der Waals surface area contributed by atoms with Crippen molar-refractivity contribution in [2.45, 2.75) is 38.5 Å². The Balaban J connectivity index is 1.25. The number of hydrogen-bond acceptors (Lipinski definition) is 4. The number of carbonyl (C=O) groups excluding carboxylic acids is 2. The third kappa shape index (κ3) is 3.23. The fourth-order valence-corrected chi connectivity index (χ4v) is 7.86. The Morgan fingerprint density at radius 3 is 2.39 bits per heavy atom. The molecule has 1 saturated heterocycles. The van der Waals surface area contributed by atoms with Crippen molar-refractivity contribution < 1.29 is 9.59 Å². The van der Waals surface area contributed by atoms with E-state index in [0.29, 0.717) is 27.0 Å². The van der Waals surface area contributed by atoms with Crippen molar-refractivity contribution in [1.29, 1.82) is 0 Å². The number of nitrogens with one attached hydrogen (secondary N) is 1.